The number of nitrogens with zero attached hydrogens (tertiary/aromatic N) is 1. The zero-order valence-electron chi connectivity index (χ0n) is 17.0. The van der Waals surface area contributed by atoms with Crippen LogP contribution in [0, 0.1) is 0 Å². The molecule has 31 heavy (non-hydrogen) atoms. The number of nitrogens with one attached hydrogen (secondary N) is 1. The molecule has 0 saturated carbocycles. The summed E-state index contributed by atoms with van der Waals surface area (Å²) in [4.78, 5) is 6.22. The molecule has 0 fully saturated rings. The minimum atomic E-state index is 0.849. The summed E-state index contributed by atoms with van der Waals surface area (Å²) in [7, 11) is 0. The Hall–Kier alpha value is -4.04. The molecule has 0 amide bonds. The fourth-order valence-corrected chi connectivity index (χ4v) is 5.32. The summed E-state index contributed by atoms with van der Waals surface area (Å²) in [5.41, 5.74) is 8.94. The molecule has 0 saturated heterocycles. The van der Waals surface area contributed by atoms with Crippen LogP contribution in [-0.4, -0.2) is 4.98 Å². The number of rotatable bonds is 1. The predicted molar refractivity (Wildman–Crippen MR) is 131 cm³/mol. The van der Waals surface area contributed by atoms with Crippen LogP contribution in [0.3, 0.4) is 0 Å². The standard InChI is InChI=1S/C29H20N2/c1-2-10-19(11-3-1)31-18-24-20-12-4-5-13-21(20)27-22-14-6-8-16-25(22)30-29(27)28(24)23-15-7-9-17-26(23)31/h1-17,30H,18H2. The Balaban J connectivity index is 1.67. The maximum atomic E-state index is 3.78. The maximum absolute atomic E-state index is 3.78. The van der Waals surface area contributed by atoms with Gasteiger partial charge in [-0.15, -0.1) is 0 Å². The molecule has 1 aliphatic rings. The van der Waals surface area contributed by atoms with Crippen molar-refractivity contribution in [3.8, 4) is 11.1 Å². The van der Waals surface area contributed by atoms with E-state index < -0.39 is 0 Å². The van der Waals surface area contributed by atoms with Crippen molar-refractivity contribution < 1.29 is 0 Å². The van der Waals surface area contributed by atoms with Gasteiger partial charge in [-0.2, -0.15) is 0 Å². The first-order valence-corrected chi connectivity index (χ1v) is 10.8. The number of hydrogen-bond donors (Lipinski definition) is 1. The molecule has 5 aromatic carbocycles. The van der Waals surface area contributed by atoms with Crippen LogP contribution in [0.25, 0.3) is 43.7 Å². The van der Waals surface area contributed by atoms with E-state index in [0.717, 1.165) is 6.54 Å². The van der Waals surface area contributed by atoms with Gasteiger partial charge >= 0.3 is 0 Å². The third-order valence-corrected chi connectivity index (χ3v) is 6.63. The molecule has 2 heteroatoms. The maximum Gasteiger partial charge on any atom is 0.0555 e. The van der Waals surface area contributed by atoms with Crippen molar-refractivity contribution in [1.82, 2.24) is 4.98 Å². The average Bonchev–Trinajstić information content (AvgIpc) is 3.23. The molecule has 146 valence electrons. The van der Waals surface area contributed by atoms with Gasteiger partial charge in [0.15, 0.2) is 0 Å². The van der Waals surface area contributed by atoms with Gasteiger partial charge in [0.2, 0.25) is 0 Å². The highest BCUT2D eigenvalue weighted by Crippen LogP contribution is 2.49. The summed E-state index contributed by atoms with van der Waals surface area (Å²) < 4.78 is 0. The van der Waals surface area contributed by atoms with Gasteiger partial charge in [-0.1, -0.05) is 78.9 Å². The van der Waals surface area contributed by atoms with Gasteiger partial charge in [0, 0.05) is 45.3 Å². The summed E-state index contributed by atoms with van der Waals surface area (Å²) in [6.07, 6.45) is 0. The van der Waals surface area contributed by atoms with Gasteiger partial charge in [0.25, 0.3) is 0 Å². The van der Waals surface area contributed by atoms with Crippen LogP contribution in [0.15, 0.2) is 103 Å². The molecule has 2 heterocycles. The molecule has 6 aromatic rings. The summed E-state index contributed by atoms with van der Waals surface area (Å²) in [6, 6.07) is 37.1. The smallest absolute Gasteiger partial charge is 0.0555 e. The predicted octanol–water partition coefficient (Wildman–Crippen LogP) is 7.79. The number of fused-ring (bicyclic) bond motifs is 10. The first kappa shape index (κ1) is 16.7. The Morgan fingerprint density at radius 2 is 1.29 bits per heavy atom. The molecule has 0 unspecified atom stereocenters. The van der Waals surface area contributed by atoms with Gasteiger partial charge in [0.05, 0.1) is 5.52 Å². The van der Waals surface area contributed by atoms with Crippen LogP contribution in [0.1, 0.15) is 5.56 Å². The first-order valence-electron chi connectivity index (χ1n) is 10.8. The zero-order chi connectivity index (χ0) is 20.4. The molecule has 0 atom stereocenters. The number of anilines is 2. The number of para-hydroxylation sites is 3. The molecule has 0 radical (unpaired) electrons. The monoisotopic (exact) mass is 396 g/mol. The molecule has 0 aliphatic carbocycles. The Labute approximate surface area is 180 Å². The van der Waals surface area contributed by atoms with Crippen LogP contribution in [0.5, 0.6) is 0 Å². The van der Waals surface area contributed by atoms with E-state index in [4.69, 9.17) is 0 Å². The van der Waals surface area contributed by atoms with Crippen LogP contribution < -0.4 is 4.90 Å². The molecular weight excluding hydrogens is 376 g/mol. The van der Waals surface area contributed by atoms with Crippen molar-refractivity contribution >= 4 is 44.0 Å². The van der Waals surface area contributed by atoms with Crippen LogP contribution in [0.2, 0.25) is 0 Å². The minimum Gasteiger partial charge on any atom is -0.354 e. The number of benzene rings is 5. The van der Waals surface area contributed by atoms with Crippen LogP contribution in [-0.2, 0) is 6.54 Å². The highest BCUT2D eigenvalue weighted by Gasteiger charge is 2.28. The quantitative estimate of drug-likeness (QED) is 0.300. The SMILES string of the molecule is c1ccc(N2Cc3c(c4[nH]c5ccccc5c4c4ccccc34)-c3ccccc32)cc1. The normalized spacial score (nSPS) is 13.0. The van der Waals surface area contributed by atoms with E-state index in [1.54, 1.807) is 0 Å². The lowest BCUT2D eigenvalue weighted by atomic mass is 9.86. The summed E-state index contributed by atoms with van der Waals surface area (Å²) in [5, 5.41) is 5.28. The van der Waals surface area contributed by atoms with Gasteiger partial charge in [0.1, 0.15) is 0 Å². The Kier molecular flexibility index (Phi) is 3.36. The molecule has 1 aromatic heterocycles. The molecular formula is C29H20N2. The van der Waals surface area contributed by atoms with E-state index in [1.165, 1.54) is 60.6 Å². The van der Waals surface area contributed by atoms with Gasteiger partial charge in [-0.3, -0.25) is 0 Å². The van der Waals surface area contributed by atoms with Crippen LogP contribution >= 0.6 is 0 Å². The van der Waals surface area contributed by atoms with E-state index in [-0.39, 0.29) is 0 Å². The Bertz CT molecular complexity index is 1610. The summed E-state index contributed by atoms with van der Waals surface area (Å²) >= 11 is 0. The van der Waals surface area contributed by atoms with E-state index >= 15 is 0 Å². The van der Waals surface area contributed by atoms with Crippen molar-refractivity contribution in [2.24, 2.45) is 0 Å². The van der Waals surface area contributed by atoms with Crippen molar-refractivity contribution in [3.05, 3.63) is 109 Å². The summed E-state index contributed by atoms with van der Waals surface area (Å²) in [5.74, 6) is 0. The van der Waals surface area contributed by atoms with E-state index in [0.29, 0.717) is 0 Å². The van der Waals surface area contributed by atoms with Crippen molar-refractivity contribution in [3.63, 3.8) is 0 Å². The minimum absolute atomic E-state index is 0.849. The van der Waals surface area contributed by atoms with Gasteiger partial charge in [-0.25, -0.2) is 0 Å². The number of aromatic amines is 1. The lowest BCUT2D eigenvalue weighted by Gasteiger charge is -2.34. The summed E-state index contributed by atoms with van der Waals surface area (Å²) in [6.45, 7) is 0.849. The average molecular weight is 396 g/mol. The Morgan fingerprint density at radius 1 is 0.613 bits per heavy atom. The molecule has 7 rings (SSSR count). The highest BCUT2D eigenvalue weighted by molar-refractivity contribution is 6.26. The largest absolute Gasteiger partial charge is 0.354 e. The van der Waals surface area contributed by atoms with Gasteiger partial charge < -0.3 is 9.88 Å². The van der Waals surface area contributed by atoms with Gasteiger partial charge in [-0.05, 0) is 40.6 Å². The second-order valence-electron chi connectivity index (χ2n) is 8.26. The third-order valence-electron chi connectivity index (χ3n) is 6.63. The zero-order valence-corrected chi connectivity index (χ0v) is 17.0. The first-order chi connectivity index (χ1) is 15.4. The van der Waals surface area contributed by atoms with E-state index in [2.05, 4.69) is 113 Å². The number of aromatic nitrogens is 1. The molecule has 1 aliphatic heterocycles. The second kappa shape index (κ2) is 6.23. The van der Waals surface area contributed by atoms with Crippen molar-refractivity contribution in [2.75, 3.05) is 4.90 Å². The Morgan fingerprint density at radius 3 is 2.16 bits per heavy atom. The van der Waals surface area contributed by atoms with E-state index in [9.17, 15) is 0 Å². The lowest BCUT2D eigenvalue weighted by molar-refractivity contribution is 0.972. The van der Waals surface area contributed by atoms with Crippen LogP contribution in [0.4, 0.5) is 11.4 Å². The fraction of sp³-hybridized carbons (Fsp3) is 0.0345. The second-order valence-corrected chi connectivity index (χ2v) is 8.26. The third kappa shape index (κ3) is 2.27. The fourth-order valence-electron chi connectivity index (χ4n) is 5.32. The topological polar surface area (TPSA) is 19.0 Å². The molecule has 2 nitrogen and oxygen atoms in total. The molecule has 0 spiro atoms. The molecule has 0 bridgehead atoms. The lowest BCUT2D eigenvalue weighted by Crippen LogP contribution is -2.21. The van der Waals surface area contributed by atoms with Crippen molar-refractivity contribution in [1.29, 1.82) is 0 Å². The van der Waals surface area contributed by atoms with Crippen molar-refractivity contribution in [2.45, 2.75) is 6.54 Å². The molecule has 1 N–H and O–H groups in total. The number of H-pyrrole nitrogens is 1. The van der Waals surface area contributed by atoms with E-state index in [1.807, 2.05) is 0 Å². The highest BCUT2D eigenvalue weighted by atomic mass is 15.1. The number of hydrogen-bond acceptors (Lipinski definition) is 1.